The van der Waals surface area contributed by atoms with Gasteiger partial charge in [-0.15, -0.1) is 0 Å². The number of aliphatic imine (C=N–C) groups is 1. The second kappa shape index (κ2) is 8.72. The molecule has 24 heavy (non-hydrogen) atoms. The van der Waals surface area contributed by atoms with Crippen molar-refractivity contribution in [1.82, 2.24) is 0 Å². The third-order valence-electron chi connectivity index (χ3n) is 3.04. The van der Waals surface area contributed by atoms with E-state index in [1.807, 2.05) is 36.4 Å². The van der Waals surface area contributed by atoms with E-state index in [-0.39, 0.29) is 18.7 Å². The largest absolute Gasteiger partial charge is 0.494 e. The summed E-state index contributed by atoms with van der Waals surface area (Å²) >= 11 is 0. The van der Waals surface area contributed by atoms with Crippen LogP contribution in [0.5, 0.6) is 11.5 Å². The van der Waals surface area contributed by atoms with Crippen molar-refractivity contribution in [3.05, 3.63) is 54.1 Å². The van der Waals surface area contributed by atoms with Crippen molar-refractivity contribution >= 4 is 17.9 Å². The number of ether oxygens (including phenoxy) is 3. The van der Waals surface area contributed by atoms with Gasteiger partial charge in [-0.3, -0.25) is 4.99 Å². The fourth-order valence-corrected chi connectivity index (χ4v) is 1.97. The monoisotopic (exact) mass is 327 g/mol. The number of hydrogen-bond donors (Lipinski definition) is 0. The number of carbonyl (C=O) groups excluding carboxylic acids is 1. The Balaban J connectivity index is 1.94. The van der Waals surface area contributed by atoms with Gasteiger partial charge in [0.25, 0.3) is 0 Å². The molecule has 0 amide bonds. The Bertz CT molecular complexity index is 693. The maximum absolute atomic E-state index is 11.4. The van der Waals surface area contributed by atoms with Crippen molar-refractivity contribution in [2.45, 2.75) is 20.0 Å². The molecule has 0 saturated heterocycles. The van der Waals surface area contributed by atoms with Crippen LogP contribution in [0.4, 0.5) is 5.69 Å². The maximum Gasteiger partial charge on any atom is 0.344 e. The first-order valence-corrected chi connectivity index (χ1v) is 7.68. The predicted octanol–water partition coefficient (Wildman–Crippen LogP) is 3.78. The molecule has 0 fully saturated rings. The highest BCUT2D eigenvalue weighted by molar-refractivity contribution is 5.82. The molecule has 126 valence electrons. The number of benzene rings is 2. The second-order valence-corrected chi connectivity index (χ2v) is 5.33. The zero-order valence-corrected chi connectivity index (χ0v) is 14.1. The Hall–Kier alpha value is -2.82. The van der Waals surface area contributed by atoms with E-state index in [2.05, 4.69) is 4.99 Å². The second-order valence-electron chi connectivity index (χ2n) is 5.33. The molecule has 0 aliphatic heterocycles. The third-order valence-corrected chi connectivity index (χ3v) is 3.04. The number of carbonyl (C=O) groups is 1. The molecule has 0 atom stereocenters. The molecule has 0 saturated carbocycles. The van der Waals surface area contributed by atoms with E-state index in [0.717, 1.165) is 17.0 Å². The minimum Gasteiger partial charge on any atom is -0.494 e. The van der Waals surface area contributed by atoms with Crippen LogP contribution in [0.25, 0.3) is 0 Å². The summed E-state index contributed by atoms with van der Waals surface area (Å²) < 4.78 is 15.6. The van der Waals surface area contributed by atoms with E-state index in [1.54, 1.807) is 39.3 Å². The van der Waals surface area contributed by atoms with Gasteiger partial charge >= 0.3 is 5.97 Å². The lowest BCUT2D eigenvalue weighted by molar-refractivity contribution is -0.149. The van der Waals surface area contributed by atoms with Crippen molar-refractivity contribution < 1.29 is 19.0 Å². The Morgan fingerprint density at radius 1 is 1.12 bits per heavy atom. The van der Waals surface area contributed by atoms with Crippen LogP contribution in [0.3, 0.4) is 0 Å². The van der Waals surface area contributed by atoms with Crippen LogP contribution in [0.2, 0.25) is 0 Å². The fraction of sp³-hybridized carbons (Fsp3) is 0.263. The summed E-state index contributed by atoms with van der Waals surface area (Å²) in [6.07, 6.45) is 1.60. The van der Waals surface area contributed by atoms with E-state index in [0.29, 0.717) is 5.75 Å². The first-order chi connectivity index (χ1) is 11.6. The summed E-state index contributed by atoms with van der Waals surface area (Å²) in [6.45, 7) is 3.49. The molecule has 5 heteroatoms. The van der Waals surface area contributed by atoms with Gasteiger partial charge in [0.05, 0.1) is 13.2 Å². The standard InChI is InChI=1S/C19H21NO4/c1-14(2)24-19(21)13-23-16-10-8-15(9-11-16)12-20-17-6-4-5-7-18(17)22-3/h4-12,14H,13H2,1-3H3. The third kappa shape index (κ3) is 5.43. The van der Waals surface area contributed by atoms with Crippen LogP contribution in [0.1, 0.15) is 19.4 Å². The minimum atomic E-state index is -0.383. The normalized spacial score (nSPS) is 10.8. The number of nitrogens with zero attached hydrogens (tertiary/aromatic N) is 1. The Morgan fingerprint density at radius 3 is 2.50 bits per heavy atom. The van der Waals surface area contributed by atoms with E-state index < -0.39 is 0 Å². The maximum atomic E-state index is 11.4. The Labute approximate surface area is 141 Å². The summed E-state index contributed by atoms with van der Waals surface area (Å²) in [5.41, 5.74) is 1.68. The quantitative estimate of drug-likeness (QED) is 0.574. The summed E-state index contributed by atoms with van der Waals surface area (Å²) in [5.74, 6) is 0.939. The fourth-order valence-electron chi connectivity index (χ4n) is 1.97. The highest BCUT2D eigenvalue weighted by Crippen LogP contribution is 2.26. The van der Waals surface area contributed by atoms with Gasteiger partial charge in [0.1, 0.15) is 17.2 Å². The zero-order valence-electron chi connectivity index (χ0n) is 14.1. The van der Waals surface area contributed by atoms with Crippen molar-refractivity contribution in [2.75, 3.05) is 13.7 Å². The van der Waals surface area contributed by atoms with Crippen LogP contribution >= 0.6 is 0 Å². The van der Waals surface area contributed by atoms with E-state index >= 15 is 0 Å². The summed E-state index contributed by atoms with van der Waals surface area (Å²) in [5, 5.41) is 0. The Kier molecular flexibility index (Phi) is 6.37. The van der Waals surface area contributed by atoms with Crippen LogP contribution in [-0.4, -0.2) is 32.0 Å². The Morgan fingerprint density at radius 2 is 1.83 bits per heavy atom. The van der Waals surface area contributed by atoms with Gasteiger partial charge in [0, 0.05) is 6.21 Å². The number of para-hydroxylation sites is 2. The summed E-state index contributed by atoms with van der Waals surface area (Å²) in [6, 6.07) is 14.8. The van der Waals surface area contributed by atoms with Crippen molar-refractivity contribution in [3.63, 3.8) is 0 Å². The molecule has 2 aromatic carbocycles. The van der Waals surface area contributed by atoms with Gasteiger partial charge < -0.3 is 14.2 Å². The van der Waals surface area contributed by atoms with E-state index in [9.17, 15) is 4.79 Å². The lowest BCUT2D eigenvalue weighted by Crippen LogP contribution is -2.18. The first kappa shape index (κ1) is 17.5. The van der Waals surface area contributed by atoms with E-state index in [1.165, 1.54) is 0 Å². The molecule has 5 nitrogen and oxygen atoms in total. The average Bonchev–Trinajstić information content (AvgIpc) is 2.58. The average molecular weight is 327 g/mol. The van der Waals surface area contributed by atoms with Crippen molar-refractivity contribution in [3.8, 4) is 11.5 Å². The van der Waals surface area contributed by atoms with Crippen LogP contribution in [0, 0.1) is 0 Å². The van der Waals surface area contributed by atoms with E-state index in [4.69, 9.17) is 14.2 Å². The lowest BCUT2D eigenvalue weighted by Gasteiger charge is -2.09. The lowest BCUT2D eigenvalue weighted by atomic mass is 10.2. The number of rotatable bonds is 7. The highest BCUT2D eigenvalue weighted by Gasteiger charge is 2.06. The SMILES string of the molecule is COc1ccccc1N=Cc1ccc(OCC(=O)OC(C)C)cc1. The highest BCUT2D eigenvalue weighted by atomic mass is 16.6. The molecule has 2 rings (SSSR count). The minimum absolute atomic E-state index is 0.104. The van der Waals surface area contributed by atoms with Crippen LogP contribution in [0.15, 0.2) is 53.5 Å². The molecular weight excluding hydrogens is 306 g/mol. The molecule has 0 aliphatic carbocycles. The van der Waals surface area contributed by atoms with Gasteiger partial charge in [-0.25, -0.2) is 4.79 Å². The summed E-state index contributed by atoms with van der Waals surface area (Å²) in [7, 11) is 1.62. The van der Waals surface area contributed by atoms with Crippen LogP contribution in [-0.2, 0) is 9.53 Å². The zero-order chi connectivity index (χ0) is 17.4. The molecule has 0 N–H and O–H groups in total. The molecule has 0 radical (unpaired) electrons. The molecule has 0 aromatic heterocycles. The molecule has 0 bridgehead atoms. The number of hydrogen-bond acceptors (Lipinski definition) is 5. The van der Waals surface area contributed by atoms with Crippen LogP contribution < -0.4 is 9.47 Å². The topological polar surface area (TPSA) is 57.1 Å². The molecule has 0 spiro atoms. The van der Waals surface area contributed by atoms with Gasteiger partial charge in [-0.2, -0.15) is 0 Å². The molecular formula is C19H21NO4. The van der Waals surface area contributed by atoms with Gasteiger partial charge in [-0.1, -0.05) is 12.1 Å². The van der Waals surface area contributed by atoms with Gasteiger partial charge in [-0.05, 0) is 55.8 Å². The predicted molar refractivity (Wildman–Crippen MR) is 93.4 cm³/mol. The van der Waals surface area contributed by atoms with Gasteiger partial charge in [0.15, 0.2) is 6.61 Å². The van der Waals surface area contributed by atoms with Crippen molar-refractivity contribution in [2.24, 2.45) is 4.99 Å². The molecule has 0 heterocycles. The number of methoxy groups -OCH3 is 1. The summed E-state index contributed by atoms with van der Waals surface area (Å²) in [4.78, 5) is 15.9. The molecule has 2 aromatic rings. The number of esters is 1. The smallest absolute Gasteiger partial charge is 0.344 e. The molecule has 0 aliphatic rings. The van der Waals surface area contributed by atoms with Gasteiger partial charge in [0.2, 0.25) is 0 Å². The first-order valence-electron chi connectivity index (χ1n) is 7.68. The van der Waals surface area contributed by atoms with Crippen molar-refractivity contribution in [1.29, 1.82) is 0 Å². The molecule has 0 unspecified atom stereocenters.